The molecule has 0 radical (unpaired) electrons. The zero-order valence-corrected chi connectivity index (χ0v) is 16.0. The number of amides is 2. The Morgan fingerprint density at radius 2 is 2.16 bits per heavy atom. The predicted molar refractivity (Wildman–Crippen MR) is 98.3 cm³/mol. The van der Waals surface area contributed by atoms with Gasteiger partial charge < -0.3 is 10.2 Å². The van der Waals surface area contributed by atoms with Gasteiger partial charge in [-0.3, -0.25) is 14.5 Å². The number of fused-ring (bicyclic) bond motifs is 1. The molecule has 1 N–H and O–H groups in total. The molecule has 2 fully saturated rings. The zero-order valence-electron chi connectivity index (χ0n) is 15.2. The van der Waals surface area contributed by atoms with Gasteiger partial charge in [-0.05, 0) is 26.2 Å². The van der Waals surface area contributed by atoms with E-state index in [1.54, 1.807) is 18.3 Å². The molecule has 0 spiro atoms. The summed E-state index contributed by atoms with van der Waals surface area (Å²) in [6, 6.07) is 0.0767. The van der Waals surface area contributed by atoms with E-state index in [0.717, 1.165) is 57.6 Å². The lowest BCUT2D eigenvalue weighted by Gasteiger charge is -2.31. The van der Waals surface area contributed by atoms with E-state index in [-0.39, 0.29) is 23.8 Å². The molecule has 1 saturated heterocycles. The van der Waals surface area contributed by atoms with E-state index in [0.29, 0.717) is 6.54 Å². The third kappa shape index (κ3) is 4.39. The third-order valence-corrected chi connectivity index (χ3v) is 6.35. The molecular formula is C18H28N4O2S. The van der Waals surface area contributed by atoms with E-state index >= 15 is 0 Å². The second kappa shape index (κ2) is 8.27. The Morgan fingerprint density at radius 3 is 2.88 bits per heavy atom. The average molecular weight is 365 g/mol. The van der Waals surface area contributed by atoms with Crippen molar-refractivity contribution in [2.75, 3.05) is 26.2 Å². The van der Waals surface area contributed by atoms with Gasteiger partial charge in [0.2, 0.25) is 11.8 Å². The molecule has 2 heterocycles. The van der Waals surface area contributed by atoms with Gasteiger partial charge in [-0.25, -0.2) is 4.98 Å². The molecule has 0 unspecified atom stereocenters. The fourth-order valence-corrected chi connectivity index (χ4v) is 4.88. The van der Waals surface area contributed by atoms with Crippen LogP contribution in [0.15, 0.2) is 5.51 Å². The van der Waals surface area contributed by atoms with Crippen molar-refractivity contribution in [3.8, 4) is 0 Å². The number of carbonyl (C=O) groups excluding carboxylic acids is 2. The zero-order chi connectivity index (χ0) is 17.8. The number of carbonyl (C=O) groups is 2. The van der Waals surface area contributed by atoms with Crippen molar-refractivity contribution >= 4 is 23.2 Å². The highest BCUT2D eigenvalue weighted by Gasteiger charge is 2.37. The van der Waals surface area contributed by atoms with Crippen LogP contribution in [0.25, 0.3) is 0 Å². The quantitative estimate of drug-likeness (QED) is 0.869. The summed E-state index contributed by atoms with van der Waals surface area (Å²) in [5.41, 5.74) is 2.97. The first-order valence-corrected chi connectivity index (χ1v) is 10.1. The molecule has 2 aliphatic rings. The molecule has 25 heavy (non-hydrogen) atoms. The fourth-order valence-electron chi connectivity index (χ4n) is 4.06. The van der Waals surface area contributed by atoms with Crippen molar-refractivity contribution in [2.24, 2.45) is 5.92 Å². The van der Waals surface area contributed by atoms with E-state index in [2.05, 4.69) is 15.2 Å². The number of thiazole rings is 1. The molecule has 3 rings (SSSR count). The average Bonchev–Trinajstić information content (AvgIpc) is 3.19. The number of nitrogens with one attached hydrogen (secondary N) is 1. The normalized spacial score (nSPS) is 26.0. The molecule has 1 saturated carbocycles. The Bertz CT molecular complexity index is 618. The second-order valence-electron chi connectivity index (χ2n) is 7.10. The van der Waals surface area contributed by atoms with E-state index in [9.17, 15) is 9.59 Å². The minimum atomic E-state index is -0.0424. The molecule has 0 aromatic carbocycles. The van der Waals surface area contributed by atoms with E-state index in [1.165, 1.54) is 4.88 Å². The first kappa shape index (κ1) is 18.3. The largest absolute Gasteiger partial charge is 0.355 e. The summed E-state index contributed by atoms with van der Waals surface area (Å²) in [7, 11) is 0. The van der Waals surface area contributed by atoms with Crippen molar-refractivity contribution in [1.82, 2.24) is 20.1 Å². The molecule has 138 valence electrons. The van der Waals surface area contributed by atoms with Gasteiger partial charge in [0.1, 0.15) is 0 Å². The first-order valence-electron chi connectivity index (χ1n) is 9.22. The maximum Gasteiger partial charge on any atom is 0.225 e. The highest BCUT2D eigenvalue weighted by atomic mass is 32.1. The third-order valence-electron chi connectivity index (χ3n) is 5.43. The summed E-state index contributed by atoms with van der Waals surface area (Å²) in [6.07, 6.45) is 3.81. The Kier molecular flexibility index (Phi) is 6.06. The van der Waals surface area contributed by atoms with Gasteiger partial charge in [0.25, 0.3) is 0 Å². The lowest BCUT2D eigenvalue weighted by molar-refractivity contribution is -0.134. The molecule has 7 heteroatoms. The summed E-state index contributed by atoms with van der Waals surface area (Å²) in [6.45, 7) is 7.69. The van der Waals surface area contributed by atoms with E-state index < -0.39 is 0 Å². The maximum absolute atomic E-state index is 12.6. The number of rotatable bonds is 2. The van der Waals surface area contributed by atoms with Crippen LogP contribution in [0.3, 0.4) is 0 Å². The summed E-state index contributed by atoms with van der Waals surface area (Å²) < 4.78 is 0. The van der Waals surface area contributed by atoms with Crippen LogP contribution in [0.2, 0.25) is 0 Å². The Morgan fingerprint density at radius 1 is 1.32 bits per heavy atom. The van der Waals surface area contributed by atoms with Crippen LogP contribution >= 0.6 is 11.3 Å². The Hall–Kier alpha value is -1.47. The minimum Gasteiger partial charge on any atom is -0.355 e. The van der Waals surface area contributed by atoms with Crippen molar-refractivity contribution in [2.45, 2.75) is 52.1 Å². The van der Waals surface area contributed by atoms with E-state index in [1.807, 2.05) is 17.3 Å². The summed E-state index contributed by atoms with van der Waals surface area (Å²) in [4.78, 5) is 34.7. The number of aromatic nitrogens is 1. The summed E-state index contributed by atoms with van der Waals surface area (Å²) in [5, 5.41) is 3.10. The Labute approximate surface area is 153 Å². The fraction of sp³-hybridized carbons (Fsp3) is 0.722. The van der Waals surface area contributed by atoms with E-state index in [4.69, 9.17) is 0 Å². The van der Waals surface area contributed by atoms with Gasteiger partial charge in [-0.15, -0.1) is 11.3 Å². The first-order chi connectivity index (χ1) is 12.1. The molecule has 6 nitrogen and oxygen atoms in total. The SMILES string of the molecule is CC(=O)N1CCCN(Cc2scnc2C)CCNC(=O)[C@@H]2CCC[C@@H]21. The van der Waals surface area contributed by atoms with Crippen molar-refractivity contribution < 1.29 is 9.59 Å². The Balaban J connectivity index is 1.70. The van der Waals surface area contributed by atoms with Gasteiger partial charge in [-0.2, -0.15) is 0 Å². The number of hydrogen-bond acceptors (Lipinski definition) is 5. The van der Waals surface area contributed by atoms with Gasteiger partial charge in [-0.1, -0.05) is 6.42 Å². The number of nitrogens with zero attached hydrogens (tertiary/aromatic N) is 3. The minimum absolute atomic E-state index is 0.0424. The molecule has 1 aromatic rings. The molecular weight excluding hydrogens is 336 g/mol. The van der Waals surface area contributed by atoms with Crippen molar-refractivity contribution in [3.63, 3.8) is 0 Å². The molecule has 1 aliphatic heterocycles. The van der Waals surface area contributed by atoms with Crippen LogP contribution in [0, 0.1) is 12.8 Å². The molecule has 2 atom stereocenters. The van der Waals surface area contributed by atoms with Crippen LogP contribution in [-0.4, -0.2) is 58.8 Å². The predicted octanol–water partition coefficient (Wildman–Crippen LogP) is 1.79. The maximum atomic E-state index is 12.6. The van der Waals surface area contributed by atoms with Crippen LogP contribution in [0.5, 0.6) is 0 Å². The lowest BCUT2D eigenvalue weighted by atomic mass is 10.0. The molecule has 1 aliphatic carbocycles. The monoisotopic (exact) mass is 364 g/mol. The molecule has 0 bridgehead atoms. The number of aryl methyl sites for hydroxylation is 1. The molecule has 1 aromatic heterocycles. The van der Waals surface area contributed by atoms with Gasteiger partial charge in [0.15, 0.2) is 0 Å². The standard InChI is InChI=1S/C18H28N4O2S/c1-13-17(25-12-20-13)11-21-8-4-9-22(14(2)23)16-6-3-5-15(16)18(24)19-7-10-21/h12,15-16H,3-11H2,1-2H3,(H,19,24)/t15-,16+/m1/s1. The van der Waals surface area contributed by atoms with Gasteiger partial charge in [0.05, 0.1) is 17.1 Å². The summed E-state index contributed by atoms with van der Waals surface area (Å²) in [5.74, 6) is 0.164. The van der Waals surface area contributed by atoms with Crippen LogP contribution in [-0.2, 0) is 16.1 Å². The highest BCUT2D eigenvalue weighted by molar-refractivity contribution is 7.09. The topological polar surface area (TPSA) is 65.5 Å². The molecule has 2 amide bonds. The number of hydrogen-bond donors (Lipinski definition) is 1. The second-order valence-corrected chi connectivity index (χ2v) is 8.04. The van der Waals surface area contributed by atoms with Gasteiger partial charge >= 0.3 is 0 Å². The van der Waals surface area contributed by atoms with Crippen LogP contribution in [0.4, 0.5) is 0 Å². The van der Waals surface area contributed by atoms with Crippen molar-refractivity contribution in [3.05, 3.63) is 16.1 Å². The van der Waals surface area contributed by atoms with Crippen LogP contribution < -0.4 is 5.32 Å². The summed E-state index contributed by atoms with van der Waals surface area (Å²) >= 11 is 1.68. The lowest BCUT2D eigenvalue weighted by Crippen LogP contribution is -2.46. The highest BCUT2D eigenvalue weighted by Crippen LogP contribution is 2.31. The van der Waals surface area contributed by atoms with Crippen LogP contribution in [0.1, 0.15) is 43.2 Å². The van der Waals surface area contributed by atoms with Crippen molar-refractivity contribution in [1.29, 1.82) is 0 Å². The smallest absolute Gasteiger partial charge is 0.225 e. The van der Waals surface area contributed by atoms with Gasteiger partial charge in [0, 0.05) is 50.6 Å².